The van der Waals surface area contributed by atoms with E-state index in [9.17, 15) is 32.3 Å². The maximum atomic E-state index is 13.7. The molecule has 1 aromatic carbocycles. The maximum Gasteiger partial charge on any atom is 0.389 e. The summed E-state index contributed by atoms with van der Waals surface area (Å²) in [5.41, 5.74) is -2.42. The summed E-state index contributed by atoms with van der Waals surface area (Å²) in [7, 11) is 0. The Morgan fingerprint density at radius 2 is 1.91 bits per heavy atom. The third-order valence-corrected chi connectivity index (χ3v) is 7.40. The number of hydrogen-bond acceptors (Lipinski definition) is 4. The Labute approximate surface area is 192 Å². The fraction of sp³-hybridized carbons (Fsp3) is 0.591. The van der Waals surface area contributed by atoms with Gasteiger partial charge in [-0.05, 0) is 25.3 Å². The summed E-state index contributed by atoms with van der Waals surface area (Å²) in [6, 6.07) is 2.27. The Hall–Kier alpha value is -2.20. The van der Waals surface area contributed by atoms with Crippen molar-refractivity contribution in [3.63, 3.8) is 0 Å². The minimum atomic E-state index is -4.41. The Balaban J connectivity index is 1.60. The lowest BCUT2D eigenvalue weighted by molar-refractivity contribution is -0.166. The molecule has 1 saturated carbocycles. The molecule has 1 aromatic heterocycles. The zero-order chi connectivity index (χ0) is 24.0. The SMILES string of the molecule is O=C(CCC(F)(F)F)N1CCC(O)(Cn2cnc3cc(F)c(Cl)cc3c2=O)C2(CCCC2)C1. The molecule has 11 heteroatoms. The van der Waals surface area contributed by atoms with Crippen molar-refractivity contribution in [1.29, 1.82) is 0 Å². The number of nitrogens with zero attached hydrogens (tertiary/aromatic N) is 3. The molecule has 2 fully saturated rings. The molecule has 2 aromatic rings. The fourth-order valence-corrected chi connectivity index (χ4v) is 5.43. The predicted molar refractivity (Wildman–Crippen MR) is 113 cm³/mol. The number of carbonyl (C=O) groups excluding carboxylic acids is 1. The van der Waals surface area contributed by atoms with E-state index in [-0.39, 0.29) is 42.0 Å². The second kappa shape index (κ2) is 8.54. The number of likely N-dealkylation sites (tertiary alicyclic amines) is 1. The number of carbonyl (C=O) groups is 1. The maximum absolute atomic E-state index is 13.7. The Kier molecular flexibility index (Phi) is 6.20. The Morgan fingerprint density at radius 1 is 1.21 bits per heavy atom. The van der Waals surface area contributed by atoms with Crippen LogP contribution in [-0.2, 0) is 11.3 Å². The van der Waals surface area contributed by atoms with Crippen LogP contribution in [0.5, 0.6) is 0 Å². The molecule has 0 radical (unpaired) electrons. The van der Waals surface area contributed by atoms with Crippen molar-refractivity contribution in [2.24, 2.45) is 5.41 Å². The van der Waals surface area contributed by atoms with Crippen LogP contribution in [0.1, 0.15) is 44.9 Å². The van der Waals surface area contributed by atoms with E-state index in [0.717, 1.165) is 18.9 Å². The smallest absolute Gasteiger partial charge is 0.387 e. The normalized spacial score (nSPS) is 22.9. The van der Waals surface area contributed by atoms with Gasteiger partial charge in [0.05, 0.1) is 40.8 Å². The van der Waals surface area contributed by atoms with Gasteiger partial charge in [-0.1, -0.05) is 24.4 Å². The zero-order valence-electron chi connectivity index (χ0n) is 17.8. The van der Waals surface area contributed by atoms with Crippen molar-refractivity contribution in [3.05, 3.63) is 39.7 Å². The Bertz CT molecular complexity index is 1130. The van der Waals surface area contributed by atoms with Gasteiger partial charge in [-0.25, -0.2) is 9.37 Å². The first kappa shape index (κ1) is 23.9. The number of rotatable bonds is 4. The number of piperidine rings is 1. The van der Waals surface area contributed by atoms with Gasteiger partial charge in [0.2, 0.25) is 5.91 Å². The lowest BCUT2D eigenvalue weighted by Crippen LogP contribution is -2.62. The van der Waals surface area contributed by atoms with E-state index in [4.69, 9.17) is 11.6 Å². The molecular weight excluding hydrogens is 466 g/mol. The lowest BCUT2D eigenvalue weighted by Gasteiger charge is -2.52. The first-order chi connectivity index (χ1) is 15.4. The standard InChI is InChI=1S/C22H24ClF4N3O3/c23-15-9-14-17(10-16(15)24)28-13-30(19(14)32)12-21(33)7-8-29(11-20(21)4-1-2-5-20)18(31)3-6-22(25,26)27/h9-10,13,33H,1-8,11-12H2. The first-order valence-electron chi connectivity index (χ1n) is 10.8. The van der Waals surface area contributed by atoms with Gasteiger partial charge in [0, 0.05) is 31.0 Å². The van der Waals surface area contributed by atoms with Crippen LogP contribution < -0.4 is 5.56 Å². The molecule has 1 spiro atoms. The second-order valence-corrected chi connectivity index (χ2v) is 9.57. The molecule has 1 unspecified atom stereocenters. The molecule has 1 atom stereocenters. The first-order valence-corrected chi connectivity index (χ1v) is 11.2. The van der Waals surface area contributed by atoms with Gasteiger partial charge in [0.15, 0.2) is 0 Å². The van der Waals surface area contributed by atoms with Gasteiger partial charge in [0.25, 0.3) is 5.56 Å². The highest BCUT2D eigenvalue weighted by Crippen LogP contribution is 2.51. The van der Waals surface area contributed by atoms with Gasteiger partial charge in [0.1, 0.15) is 5.82 Å². The van der Waals surface area contributed by atoms with Crippen LogP contribution in [-0.4, -0.2) is 50.3 Å². The Morgan fingerprint density at radius 3 is 2.58 bits per heavy atom. The highest BCUT2D eigenvalue weighted by Gasteiger charge is 2.55. The van der Waals surface area contributed by atoms with Crippen LogP contribution >= 0.6 is 11.6 Å². The average Bonchev–Trinajstić information content (AvgIpc) is 3.22. The number of halogens is 5. The highest BCUT2D eigenvalue weighted by atomic mass is 35.5. The van der Waals surface area contributed by atoms with E-state index in [2.05, 4.69) is 4.98 Å². The highest BCUT2D eigenvalue weighted by molar-refractivity contribution is 6.31. The minimum Gasteiger partial charge on any atom is -0.387 e. The van der Waals surface area contributed by atoms with Crippen molar-refractivity contribution in [1.82, 2.24) is 14.5 Å². The van der Waals surface area contributed by atoms with E-state index in [1.165, 1.54) is 21.9 Å². The molecule has 1 aliphatic carbocycles. The average molecular weight is 490 g/mol. The summed E-state index contributed by atoms with van der Waals surface area (Å²) in [4.78, 5) is 31.0. The molecule has 2 aliphatic rings. The van der Waals surface area contributed by atoms with Gasteiger partial charge in [-0.3, -0.25) is 14.2 Å². The zero-order valence-corrected chi connectivity index (χ0v) is 18.6. The fourth-order valence-electron chi connectivity index (χ4n) is 5.27. The van der Waals surface area contributed by atoms with E-state index >= 15 is 0 Å². The van der Waals surface area contributed by atoms with Crippen LogP contribution in [0.4, 0.5) is 17.6 Å². The minimum absolute atomic E-state index is 0.0889. The summed E-state index contributed by atoms with van der Waals surface area (Å²) in [5, 5.41) is 11.6. The largest absolute Gasteiger partial charge is 0.389 e. The van der Waals surface area contributed by atoms with E-state index in [0.29, 0.717) is 12.8 Å². The van der Waals surface area contributed by atoms with Crippen molar-refractivity contribution in [3.8, 4) is 0 Å². The van der Waals surface area contributed by atoms with Gasteiger partial charge >= 0.3 is 6.18 Å². The quantitative estimate of drug-likeness (QED) is 0.657. The third kappa shape index (κ3) is 4.59. The topological polar surface area (TPSA) is 75.4 Å². The summed E-state index contributed by atoms with van der Waals surface area (Å²) < 4.78 is 52.7. The van der Waals surface area contributed by atoms with Crippen molar-refractivity contribution < 1.29 is 27.5 Å². The van der Waals surface area contributed by atoms with Crippen molar-refractivity contribution in [2.45, 2.75) is 63.3 Å². The van der Waals surface area contributed by atoms with Gasteiger partial charge < -0.3 is 10.0 Å². The van der Waals surface area contributed by atoms with Gasteiger partial charge in [-0.2, -0.15) is 13.2 Å². The molecule has 1 saturated heterocycles. The van der Waals surface area contributed by atoms with Crippen LogP contribution in [0.2, 0.25) is 5.02 Å². The molecule has 1 aliphatic heterocycles. The van der Waals surface area contributed by atoms with Crippen LogP contribution in [0.15, 0.2) is 23.3 Å². The molecule has 0 bridgehead atoms. The monoisotopic (exact) mass is 489 g/mol. The summed E-state index contributed by atoms with van der Waals surface area (Å²) in [5.74, 6) is -1.28. The molecule has 4 rings (SSSR count). The van der Waals surface area contributed by atoms with Crippen LogP contribution in [0.3, 0.4) is 0 Å². The number of amides is 1. The third-order valence-electron chi connectivity index (χ3n) is 7.11. The van der Waals surface area contributed by atoms with E-state index in [1.54, 1.807) is 0 Å². The van der Waals surface area contributed by atoms with E-state index < -0.39 is 47.3 Å². The molecule has 33 heavy (non-hydrogen) atoms. The molecule has 2 heterocycles. The van der Waals surface area contributed by atoms with Crippen LogP contribution in [0, 0.1) is 11.2 Å². The molecular formula is C22H24ClF4N3O3. The molecule has 6 nitrogen and oxygen atoms in total. The van der Waals surface area contributed by atoms with Gasteiger partial charge in [-0.15, -0.1) is 0 Å². The number of fused-ring (bicyclic) bond motifs is 1. The summed E-state index contributed by atoms with van der Waals surface area (Å²) >= 11 is 5.82. The van der Waals surface area contributed by atoms with Crippen LogP contribution in [0.25, 0.3) is 10.9 Å². The molecule has 1 amide bonds. The van der Waals surface area contributed by atoms with Crippen molar-refractivity contribution in [2.75, 3.05) is 13.1 Å². The van der Waals surface area contributed by atoms with Crippen molar-refractivity contribution >= 4 is 28.4 Å². The number of benzene rings is 1. The number of aromatic nitrogens is 2. The van der Waals surface area contributed by atoms with E-state index in [1.807, 2.05) is 0 Å². The number of aliphatic hydroxyl groups is 1. The number of alkyl halides is 3. The summed E-state index contributed by atoms with van der Waals surface area (Å²) in [6.07, 6.45) is -2.02. The lowest BCUT2D eigenvalue weighted by atomic mass is 9.65. The number of hydrogen-bond donors (Lipinski definition) is 1. The predicted octanol–water partition coefficient (Wildman–Crippen LogP) is 4.06. The second-order valence-electron chi connectivity index (χ2n) is 9.16. The molecule has 1 N–H and O–H groups in total. The summed E-state index contributed by atoms with van der Waals surface area (Å²) in [6.45, 7) is 0.156. The molecule has 180 valence electrons.